The Morgan fingerprint density at radius 3 is 1.78 bits per heavy atom. The highest BCUT2D eigenvalue weighted by Gasteiger charge is 2.14. The van der Waals surface area contributed by atoms with Gasteiger partial charge in [0.25, 0.3) is 0 Å². The number of unbranched alkanes of at least 4 members (excludes halogenated alkanes) is 2. The Kier molecular flexibility index (Phi) is 14.8. The molecule has 0 spiro atoms. The molecule has 0 amide bonds. The van der Waals surface area contributed by atoms with Gasteiger partial charge >= 0.3 is 23.9 Å². The third-order valence-corrected chi connectivity index (χ3v) is 3.89. The minimum atomic E-state index is -0.873. The number of carboxylic acids is 2. The van der Waals surface area contributed by atoms with Crippen LogP contribution in [0.3, 0.4) is 0 Å². The summed E-state index contributed by atoms with van der Waals surface area (Å²) in [6.07, 6.45) is 4.93. The summed E-state index contributed by atoms with van der Waals surface area (Å²) in [6.45, 7) is 2.24. The summed E-state index contributed by atoms with van der Waals surface area (Å²) >= 11 is 0. The summed E-state index contributed by atoms with van der Waals surface area (Å²) in [4.78, 5) is 44.1. The number of carbonyl (C=O) groups is 4. The van der Waals surface area contributed by atoms with E-state index in [9.17, 15) is 19.2 Å². The summed E-state index contributed by atoms with van der Waals surface area (Å²) < 4.78 is 10.5. The SMILES string of the molecule is CCCC(CCCOC(=O)CCCCC(=O)O)OC(=O)CCCCC(=O)O. The van der Waals surface area contributed by atoms with Crippen molar-refractivity contribution in [2.75, 3.05) is 6.61 Å². The van der Waals surface area contributed by atoms with Gasteiger partial charge in [-0.25, -0.2) is 0 Å². The first-order valence-corrected chi connectivity index (χ1v) is 9.63. The maximum Gasteiger partial charge on any atom is 0.306 e. The Morgan fingerprint density at radius 2 is 1.26 bits per heavy atom. The van der Waals surface area contributed by atoms with Crippen LogP contribution < -0.4 is 0 Å². The van der Waals surface area contributed by atoms with Crippen LogP contribution in [0.5, 0.6) is 0 Å². The lowest BCUT2D eigenvalue weighted by molar-refractivity contribution is -0.151. The van der Waals surface area contributed by atoms with Gasteiger partial charge in [0.05, 0.1) is 6.61 Å². The van der Waals surface area contributed by atoms with E-state index < -0.39 is 11.9 Å². The predicted molar refractivity (Wildman–Crippen MR) is 97.2 cm³/mol. The maximum atomic E-state index is 11.8. The minimum Gasteiger partial charge on any atom is -0.481 e. The van der Waals surface area contributed by atoms with Crippen molar-refractivity contribution >= 4 is 23.9 Å². The second-order valence-electron chi connectivity index (χ2n) is 6.46. The molecule has 0 aromatic carbocycles. The number of hydrogen-bond donors (Lipinski definition) is 2. The average Bonchev–Trinajstić information content (AvgIpc) is 2.59. The zero-order chi connectivity index (χ0) is 20.5. The molecule has 0 aromatic rings. The molecule has 0 heterocycles. The van der Waals surface area contributed by atoms with E-state index in [1.807, 2.05) is 6.92 Å². The maximum absolute atomic E-state index is 11.8. The van der Waals surface area contributed by atoms with Crippen LogP contribution in [0.15, 0.2) is 0 Å². The second kappa shape index (κ2) is 16.1. The number of carbonyl (C=O) groups excluding carboxylic acids is 2. The summed E-state index contributed by atoms with van der Waals surface area (Å²) in [6, 6.07) is 0. The lowest BCUT2D eigenvalue weighted by atomic mass is 10.1. The first-order valence-electron chi connectivity index (χ1n) is 9.63. The fourth-order valence-corrected chi connectivity index (χ4v) is 2.49. The summed E-state index contributed by atoms with van der Waals surface area (Å²) in [5.41, 5.74) is 0. The van der Waals surface area contributed by atoms with Gasteiger partial charge in [-0.3, -0.25) is 19.2 Å². The van der Waals surface area contributed by atoms with Crippen molar-refractivity contribution in [2.24, 2.45) is 0 Å². The van der Waals surface area contributed by atoms with Gasteiger partial charge in [0, 0.05) is 25.7 Å². The fraction of sp³-hybridized carbons (Fsp3) is 0.789. The number of hydrogen-bond acceptors (Lipinski definition) is 6. The van der Waals surface area contributed by atoms with Crippen LogP contribution in [0.2, 0.25) is 0 Å². The van der Waals surface area contributed by atoms with Gasteiger partial charge in [-0.15, -0.1) is 0 Å². The summed E-state index contributed by atoms with van der Waals surface area (Å²) in [5.74, 6) is -2.41. The number of rotatable bonds is 17. The van der Waals surface area contributed by atoms with E-state index in [2.05, 4.69) is 0 Å². The van der Waals surface area contributed by atoms with Gasteiger partial charge in [-0.05, 0) is 44.9 Å². The fourth-order valence-electron chi connectivity index (χ4n) is 2.49. The molecule has 0 rings (SSSR count). The van der Waals surface area contributed by atoms with Gasteiger partial charge in [0.15, 0.2) is 0 Å². The molecule has 0 aliphatic carbocycles. The Bertz CT molecular complexity index is 461. The highest BCUT2D eigenvalue weighted by molar-refractivity contribution is 5.70. The van der Waals surface area contributed by atoms with E-state index in [0.29, 0.717) is 38.5 Å². The van der Waals surface area contributed by atoms with Crippen LogP contribution in [-0.2, 0) is 28.7 Å². The molecule has 8 nitrogen and oxygen atoms in total. The monoisotopic (exact) mass is 388 g/mol. The van der Waals surface area contributed by atoms with Gasteiger partial charge in [0.2, 0.25) is 0 Å². The standard InChI is InChI=1S/C19H32O8/c1-2-8-15(27-19(25)13-6-4-11-17(22)23)9-7-14-26-18(24)12-5-3-10-16(20)21/h15H,2-14H2,1H3,(H,20,21)(H,22,23). The third kappa shape index (κ3) is 17.1. The Morgan fingerprint density at radius 1 is 0.741 bits per heavy atom. The first-order chi connectivity index (χ1) is 12.8. The Hall–Kier alpha value is -2.12. The highest BCUT2D eigenvalue weighted by Crippen LogP contribution is 2.13. The van der Waals surface area contributed by atoms with Crippen LogP contribution in [0.4, 0.5) is 0 Å². The molecule has 27 heavy (non-hydrogen) atoms. The van der Waals surface area contributed by atoms with E-state index in [4.69, 9.17) is 19.7 Å². The van der Waals surface area contributed by atoms with Crippen molar-refractivity contribution in [3.63, 3.8) is 0 Å². The van der Waals surface area contributed by atoms with E-state index >= 15 is 0 Å². The Balaban J connectivity index is 3.87. The second-order valence-corrected chi connectivity index (χ2v) is 6.46. The molecule has 0 aromatic heterocycles. The minimum absolute atomic E-state index is 0.0490. The summed E-state index contributed by atoms with van der Waals surface area (Å²) in [7, 11) is 0. The van der Waals surface area contributed by atoms with Crippen LogP contribution in [0, 0.1) is 0 Å². The molecule has 0 aliphatic rings. The first kappa shape index (κ1) is 24.9. The van der Waals surface area contributed by atoms with E-state index in [1.165, 1.54) is 0 Å². The van der Waals surface area contributed by atoms with Crippen molar-refractivity contribution in [1.29, 1.82) is 0 Å². The van der Waals surface area contributed by atoms with Crippen LogP contribution >= 0.6 is 0 Å². The number of ether oxygens (including phenoxy) is 2. The average molecular weight is 388 g/mol. The van der Waals surface area contributed by atoms with Crippen molar-refractivity contribution in [2.45, 2.75) is 90.1 Å². The highest BCUT2D eigenvalue weighted by atomic mass is 16.5. The number of carboxylic acid groups (broad SMARTS) is 2. The van der Waals surface area contributed by atoms with Crippen molar-refractivity contribution in [3.05, 3.63) is 0 Å². The molecule has 156 valence electrons. The molecule has 1 atom stereocenters. The molecule has 0 radical (unpaired) electrons. The normalized spacial score (nSPS) is 11.6. The molecule has 1 unspecified atom stereocenters. The molecule has 0 aliphatic heterocycles. The molecular formula is C19H32O8. The number of aliphatic carboxylic acids is 2. The largest absolute Gasteiger partial charge is 0.481 e. The van der Waals surface area contributed by atoms with E-state index in [0.717, 1.165) is 12.8 Å². The lowest BCUT2D eigenvalue weighted by Crippen LogP contribution is -2.19. The quantitative estimate of drug-likeness (QED) is 0.287. The van der Waals surface area contributed by atoms with Gasteiger partial charge in [-0.1, -0.05) is 13.3 Å². The van der Waals surface area contributed by atoms with Crippen molar-refractivity contribution in [3.8, 4) is 0 Å². The van der Waals surface area contributed by atoms with Gasteiger partial charge in [-0.2, -0.15) is 0 Å². The molecule has 2 N–H and O–H groups in total. The molecule has 0 bridgehead atoms. The van der Waals surface area contributed by atoms with Crippen LogP contribution in [0.25, 0.3) is 0 Å². The van der Waals surface area contributed by atoms with E-state index in [-0.39, 0.29) is 50.3 Å². The molecule has 0 fully saturated rings. The van der Waals surface area contributed by atoms with Crippen LogP contribution in [0.1, 0.15) is 84.0 Å². The third-order valence-electron chi connectivity index (χ3n) is 3.89. The molecule has 0 saturated carbocycles. The van der Waals surface area contributed by atoms with Gasteiger partial charge < -0.3 is 19.7 Å². The van der Waals surface area contributed by atoms with Crippen molar-refractivity contribution in [1.82, 2.24) is 0 Å². The summed E-state index contributed by atoms with van der Waals surface area (Å²) in [5, 5.41) is 17.1. The van der Waals surface area contributed by atoms with Crippen molar-refractivity contribution < 1.29 is 38.9 Å². The zero-order valence-electron chi connectivity index (χ0n) is 16.1. The number of esters is 2. The Labute approximate surface area is 160 Å². The van der Waals surface area contributed by atoms with Gasteiger partial charge in [0.1, 0.15) is 6.10 Å². The predicted octanol–water partition coefficient (Wildman–Crippen LogP) is 3.31. The zero-order valence-corrected chi connectivity index (χ0v) is 16.1. The van der Waals surface area contributed by atoms with E-state index in [1.54, 1.807) is 0 Å². The smallest absolute Gasteiger partial charge is 0.306 e. The lowest BCUT2D eigenvalue weighted by Gasteiger charge is -2.17. The topological polar surface area (TPSA) is 127 Å². The molecule has 8 heteroatoms. The molecular weight excluding hydrogens is 356 g/mol. The molecule has 0 saturated heterocycles. The van der Waals surface area contributed by atoms with Crippen LogP contribution in [-0.4, -0.2) is 46.8 Å².